The van der Waals surface area contributed by atoms with Crippen LogP contribution in [0.4, 0.5) is 24.7 Å². The van der Waals surface area contributed by atoms with Crippen molar-refractivity contribution in [3.63, 3.8) is 0 Å². The Kier molecular flexibility index (Phi) is 5.42. The summed E-state index contributed by atoms with van der Waals surface area (Å²) in [5.41, 5.74) is 5.86. The fraction of sp³-hybridized carbons (Fsp3) is 0.286. The van der Waals surface area contributed by atoms with Gasteiger partial charge in [-0.05, 0) is 32.4 Å². The summed E-state index contributed by atoms with van der Waals surface area (Å²) < 4.78 is 42.3. The van der Waals surface area contributed by atoms with E-state index in [1.165, 1.54) is 18.6 Å². The highest BCUT2D eigenvalue weighted by Gasteiger charge is 2.44. The number of aliphatic imine (C=N–C) groups is 1. The van der Waals surface area contributed by atoms with Crippen LogP contribution in [-0.4, -0.2) is 31.5 Å². The Labute approximate surface area is 186 Å². The van der Waals surface area contributed by atoms with Crippen LogP contribution in [0.3, 0.4) is 0 Å². The molecule has 0 fully saturated rings. The number of nitriles is 1. The lowest BCUT2D eigenvalue weighted by Gasteiger charge is -2.39. The van der Waals surface area contributed by atoms with Crippen LogP contribution in [0.2, 0.25) is 0 Å². The number of alkyl halides is 1. The van der Waals surface area contributed by atoms with Crippen LogP contribution in [0.5, 0.6) is 0 Å². The highest BCUT2D eigenvalue weighted by Crippen LogP contribution is 2.46. The van der Waals surface area contributed by atoms with Crippen LogP contribution in [0.25, 0.3) is 11.0 Å². The quantitative estimate of drug-likeness (QED) is 0.600. The van der Waals surface area contributed by atoms with Crippen molar-refractivity contribution in [2.75, 3.05) is 12.0 Å². The van der Waals surface area contributed by atoms with Crippen LogP contribution in [0, 0.1) is 23.0 Å². The predicted molar refractivity (Wildman–Crippen MR) is 117 cm³/mol. The van der Waals surface area contributed by atoms with Gasteiger partial charge in [0.15, 0.2) is 22.6 Å². The Morgan fingerprint density at radius 1 is 1.22 bits per heavy atom. The van der Waals surface area contributed by atoms with Gasteiger partial charge in [0.1, 0.15) is 24.6 Å². The molecule has 0 saturated carbocycles. The number of pyridine rings is 1. The van der Waals surface area contributed by atoms with Gasteiger partial charge in [-0.2, -0.15) is 5.26 Å². The number of hydrogen-bond donors (Lipinski definition) is 2. The summed E-state index contributed by atoms with van der Waals surface area (Å²) in [4.78, 5) is 16.8. The molecule has 3 aromatic rings. The van der Waals surface area contributed by atoms with E-state index >= 15 is 0 Å². The first-order valence-corrected chi connectivity index (χ1v) is 10.4. The molecule has 7 nitrogen and oxygen atoms in total. The van der Waals surface area contributed by atoms with Gasteiger partial charge in [0.25, 0.3) is 0 Å². The third-order valence-corrected chi connectivity index (χ3v) is 6.23. The van der Waals surface area contributed by atoms with E-state index in [1.54, 1.807) is 19.9 Å². The van der Waals surface area contributed by atoms with E-state index in [2.05, 4.69) is 25.3 Å². The Morgan fingerprint density at radius 3 is 2.72 bits per heavy atom. The number of nitrogens with one attached hydrogen (secondary N) is 1. The maximum absolute atomic E-state index is 14.9. The van der Waals surface area contributed by atoms with Gasteiger partial charge in [-0.25, -0.2) is 28.1 Å². The van der Waals surface area contributed by atoms with Crippen molar-refractivity contribution in [2.24, 2.45) is 10.7 Å². The smallest absolute Gasteiger partial charge is 0.164 e. The van der Waals surface area contributed by atoms with Gasteiger partial charge in [-0.3, -0.25) is 4.99 Å². The predicted octanol–water partition coefficient (Wildman–Crippen LogP) is 4.31. The lowest BCUT2D eigenvalue weighted by atomic mass is 9.83. The lowest BCUT2D eigenvalue weighted by Crippen LogP contribution is -2.42. The Hall–Kier alpha value is -3.39. The number of amidine groups is 1. The van der Waals surface area contributed by atoms with Crippen molar-refractivity contribution in [3.8, 4) is 6.07 Å². The third kappa shape index (κ3) is 3.93. The van der Waals surface area contributed by atoms with E-state index in [4.69, 9.17) is 11.0 Å². The normalized spacial score (nSPS) is 22.9. The zero-order valence-corrected chi connectivity index (χ0v) is 18.0. The maximum Gasteiger partial charge on any atom is 0.164 e. The molecule has 4 rings (SSSR count). The lowest BCUT2D eigenvalue weighted by molar-refractivity contribution is 0.315. The van der Waals surface area contributed by atoms with Gasteiger partial charge in [0.2, 0.25) is 0 Å². The van der Waals surface area contributed by atoms with Crippen molar-refractivity contribution < 1.29 is 13.2 Å². The van der Waals surface area contributed by atoms with Crippen LogP contribution in [0.15, 0.2) is 35.7 Å². The van der Waals surface area contributed by atoms with Crippen LogP contribution < -0.4 is 11.1 Å². The van der Waals surface area contributed by atoms with Crippen molar-refractivity contribution in [1.82, 2.24) is 15.0 Å². The minimum absolute atomic E-state index is 0.0546. The number of hydrogen-bond acceptors (Lipinski definition) is 8. The number of anilines is 2. The Bertz CT molecular complexity index is 1290. The van der Waals surface area contributed by atoms with Crippen molar-refractivity contribution in [3.05, 3.63) is 53.5 Å². The average Bonchev–Trinajstić information content (AvgIpc) is 2.75. The molecule has 1 aliphatic rings. The minimum atomic E-state index is -1.27. The van der Waals surface area contributed by atoms with E-state index in [-0.39, 0.29) is 28.7 Å². The van der Waals surface area contributed by atoms with E-state index in [9.17, 15) is 13.2 Å². The summed E-state index contributed by atoms with van der Waals surface area (Å²) in [6.45, 7) is 2.57. The zero-order chi connectivity index (χ0) is 23.1. The highest BCUT2D eigenvalue weighted by atomic mass is 32.2. The van der Waals surface area contributed by atoms with Crippen LogP contribution >= 0.6 is 11.8 Å². The summed E-state index contributed by atoms with van der Waals surface area (Å²) in [6.07, 6.45) is 2.76. The standard InChI is InChI=1S/C21H18F3N7S/c1-20(9-22)8-21(2,31-19(26)32-20)13-4-12(5-14(23)16(13)24)30-18-17-15(28-10-29-18)3-11(6-25)7-27-17/h3-5,7,10H,8-9H2,1-2H3,(H2,26,31)(H,28,29,30)/t20-,21+/m1/s1. The van der Waals surface area contributed by atoms with E-state index in [0.29, 0.717) is 16.6 Å². The van der Waals surface area contributed by atoms with Gasteiger partial charge in [-0.15, -0.1) is 0 Å². The molecule has 0 unspecified atom stereocenters. The number of fused-ring (bicyclic) bond motifs is 1. The second-order valence-corrected chi connectivity index (χ2v) is 9.56. The SMILES string of the molecule is C[C@]1(CF)C[C@@](C)(c2cc(Nc3ncnc4cc(C#N)cnc34)cc(F)c2F)N=C(N)S1. The summed E-state index contributed by atoms with van der Waals surface area (Å²) in [7, 11) is 0. The molecule has 2 aromatic heterocycles. The molecule has 3 N–H and O–H groups in total. The second-order valence-electron chi connectivity index (χ2n) is 7.96. The summed E-state index contributed by atoms with van der Waals surface area (Å²) in [5, 5.41) is 12.1. The molecular formula is C21H18F3N7S. The topological polar surface area (TPSA) is 113 Å². The second kappa shape index (κ2) is 7.94. The van der Waals surface area contributed by atoms with Crippen LogP contribution in [-0.2, 0) is 5.54 Å². The molecular weight excluding hydrogens is 439 g/mol. The van der Waals surface area contributed by atoms with Gasteiger partial charge in [0.05, 0.1) is 21.4 Å². The summed E-state index contributed by atoms with van der Waals surface area (Å²) in [5.74, 6) is -1.93. The van der Waals surface area contributed by atoms with Gasteiger partial charge >= 0.3 is 0 Å². The number of nitrogens with two attached hydrogens (primary N) is 1. The molecule has 0 bridgehead atoms. The van der Waals surface area contributed by atoms with E-state index in [1.807, 2.05) is 6.07 Å². The maximum atomic E-state index is 14.9. The fourth-order valence-corrected chi connectivity index (χ4v) is 5.00. The molecule has 2 atom stereocenters. The molecule has 164 valence electrons. The first kappa shape index (κ1) is 21.8. The van der Waals surface area contributed by atoms with Crippen molar-refractivity contribution >= 4 is 39.5 Å². The monoisotopic (exact) mass is 457 g/mol. The number of thioether (sulfide) groups is 1. The number of rotatable bonds is 4. The molecule has 1 aliphatic heterocycles. The number of halogens is 3. The summed E-state index contributed by atoms with van der Waals surface area (Å²) in [6, 6.07) is 5.91. The first-order chi connectivity index (χ1) is 15.2. The molecule has 11 heteroatoms. The number of aromatic nitrogens is 3. The van der Waals surface area contributed by atoms with Crippen molar-refractivity contribution in [1.29, 1.82) is 5.26 Å². The molecule has 0 radical (unpaired) electrons. The molecule has 32 heavy (non-hydrogen) atoms. The average molecular weight is 457 g/mol. The number of benzene rings is 1. The highest BCUT2D eigenvalue weighted by molar-refractivity contribution is 8.15. The third-order valence-electron chi connectivity index (χ3n) is 5.18. The minimum Gasteiger partial charge on any atom is -0.378 e. The molecule has 0 aliphatic carbocycles. The van der Waals surface area contributed by atoms with Gasteiger partial charge in [-0.1, -0.05) is 11.8 Å². The molecule has 1 aromatic carbocycles. The van der Waals surface area contributed by atoms with Gasteiger partial charge in [0, 0.05) is 23.5 Å². The van der Waals surface area contributed by atoms with Gasteiger partial charge < -0.3 is 11.1 Å². The largest absolute Gasteiger partial charge is 0.378 e. The van der Waals surface area contributed by atoms with E-state index < -0.39 is 28.6 Å². The number of nitrogens with zero attached hydrogens (tertiary/aromatic N) is 5. The molecule has 0 saturated heterocycles. The Morgan fingerprint density at radius 2 is 2.00 bits per heavy atom. The molecule has 3 heterocycles. The summed E-state index contributed by atoms with van der Waals surface area (Å²) >= 11 is 1.08. The van der Waals surface area contributed by atoms with Crippen LogP contribution in [0.1, 0.15) is 31.4 Å². The Balaban J connectivity index is 1.78. The molecule has 0 amide bonds. The van der Waals surface area contributed by atoms with Crippen molar-refractivity contribution in [2.45, 2.75) is 30.6 Å². The fourth-order valence-electron chi connectivity index (χ4n) is 3.84. The molecule has 0 spiro atoms. The zero-order valence-electron chi connectivity index (χ0n) is 17.2. The first-order valence-electron chi connectivity index (χ1n) is 9.54. The van der Waals surface area contributed by atoms with E-state index in [0.717, 1.165) is 17.8 Å².